The molecule has 0 saturated carbocycles. The molecule has 27 heavy (non-hydrogen) atoms. The highest BCUT2D eigenvalue weighted by atomic mass is 32.1. The lowest BCUT2D eigenvalue weighted by Crippen LogP contribution is -2.39. The van der Waals surface area contributed by atoms with Gasteiger partial charge in [0.1, 0.15) is 10.5 Å². The summed E-state index contributed by atoms with van der Waals surface area (Å²) in [7, 11) is 0. The lowest BCUT2D eigenvalue weighted by molar-refractivity contribution is 0.100. The number of piperidine rings is 1. The van der Waals surface area contributed by atoms with Crippen LogP contribution < -0.4 is 5.56 Å². The van der Waals surface area contributed by atoms with Gasteiger partial charge in [0.15, 0.2) is 0 Å². The van der Waals surface area contributed by atoms with Crippen LogP contribution in [0.4, 0.5) is 0 Å². The van der Waals surface area contributed by atoms with Gasteiger partial charge in [-0.3, -0.25) is 9.69 Å². The fraction of sp³-hybridized carbons (Fsp3) is 0.300. The highest BCUT2D eigenvalue weighted by molar-refractivity contribution is 7.18. The second-order valence-corrected chi connectivity index (χ2v) is 7.96. The Hall–Kier alpha value is -2.64. The first-order valence-corrected chi connectivity index (χ1v) is 10.0. The molecule has 3 heterocycles. The molecule has 5 rings (SSSR count). The molecular weight excluding hydrogens is 358 g/mol. The Kier molecular flexibility index (Phi) is 4.18. The summed E-state index contributed by atoms with van der Waals surface area (Å²) in [6, 6.07) is 15.8. The van der Waals surface area contributed by atoms with E-state index >= 15 is 0 Å². The number of rotatable bonds is 3. The van der Waals surface area contributed by atoms with Crippen molar-refractivity contribution in [3.63, 3.8) is 0 Å². The molecule has 1 aliphatic rings. The first-order chi connectivity index (χ1) is 13.3. The van der Waals surface area contributed by atoms with Crippen molar-refractivity contribution in [1.29, 1.82) is 0 Å². The van der Waals surface area contributed by atoms with Gasteiger partial charge in [-0.25, -0.2) is 4.98 Å². The van der Waals surface area contributed by atoms with Gasteiger partial charge in [-0.1, -0.05) is 35.9 Å². The third-order valence-corrected chi connectivity index (χ3v) is 6.29. The second kappa shape index (κ2) is 6.83. The summed E-state index contributed by atoms with van der Waals surface area (Å²) in [6.45, 7) is 1.37. The van der Waals surface area contributed by atoms with Gasteiger partial charge in [-0.05, 0) is 37.1 Å². The monoisotopic (exact) mass is 377 g/mol. The number of benzene rings is 2. The van der Waals surface area contributed by atoms with Gasteiger partial charge < -0.3 is 0 Å². The smallest absolute Gasteiger partial charge is 0.275 e. The Morgan fingerprint density at radius 3 is 2.74 bits per heavy atom. The van der Waals surface area contributed by atoms with E-state index < -0.39 is 0 Å². The third kappa shape index (κ3) is 3.02. The Morgan fingerprint density at radius 1 is 1.04 bits per heavy atom. The quantitative estimate of drug-likeness (QED) is 0.546. The van der Waals surface area contributed by atoms with E-state index in [1.807, 2.05) is 36.4 Å². The molecule has 0 N–H and O–H groups in total. The van der Waals surface area contributed by atoms with Gasteiger partial charge in [-0.2, -0.15) is 4.68 Å². The summed E-state index contributed by atoms with van der Waals surface area (Å²) < 4.78 is 2.69. The van der Waals surface area contributed by atoms with E-state index in [0.29, 0.717) is 17.6 Å². The number of nitrogens with zero attached hydrogens (tertiary/aromatic N) is 5. The van der Waals surface area contributed by atoms with Crippen molar-refractivity contribution >= 4 is 32.5 Å². The molecular formula is C20H19N5OS. The van der Waals surface area contributed by atoms with E-state index in [2.05, 4.69) is 27.3 Å². The number of likely N-dealkylation sites (tertiary alicyclic amines) is 1. The van der Waals surface area contributed by atoms with Crippen molar-refractivity contribution in [2.75, 3.05) is 6.54 Å². The molecule has 0 aliphatic carbocycles. The highest BCUT2D eigenvalue weighted by Crippen LogP contribution is 2.35. The molecule has 0 bridgehead atoms. The number of aromatic nitrogens is 4. The van der Waals surface area contributed by atoms with Crippen LogP contribution in [0.1, 0.15) is 30.3 Å². The van der Waals surface area contributed by atoms with Crippen molar-refractivity contribution in [2.24, 2.45) is 0 Å². The lowest BCUT2D eigenvalue weighted by atomic mass is 10.0. The van der Waals surface area contributed by atoms with Crippen LogP contribution in [-0.4, -0.2) is 31.4 Å². The number of hydrogen-bond donors (Lipinski definition) is 0. The Bertz CT molecular complexity index is 1130. The average Bonchev–Trinajstić information content (AvgIpc) is 3.15. The Balaban J connectivity index is 1.49. The van der Waals surface area contributed by atoms with Crippen LogP contribution in [0, 0.1) is 0 Å². The van der Waals surface area contributed by atoms with E-state index in [1.54, 1.807) is 11.3 Å². The van der Waals surface area contributed by atoms with Crippen molar-refractivity contribution < 1.29 is 0 Å². The summed E-state index contributed by atoms with van der Waals surface area (Å²) in [6.07, 6.45) is 3.35. The fourth-order valence-corrected chi connectivity index (χ4v) is 4.90. The second-order valence-electron chi connectivity index (χ2n) is 6.90. The largest absolute Gasteiger partial charge is 0.278 e. The summed E-state index contributed by atoms with van der Waals surface area (Å²) in [5.74, 6) is 0. The predicted octanol–water partition coefficient (Wildman–Crippen LogP) is 3.59. The van der Waals surface area contributed by atoms with E-state index in [0.717, 1.165) is 29.9 Å². The van der Waals surface area contributed by atoms with Crippen molar-refractivity contribution in [3.8, 4) is 0 Å². The van der Waals surface area contributed by atoms with Crippen LogP contribution in [0.15, 0.2) is 53.3 Å². The van der Waals surface area contributed by atoms with Gasteiger partial charge in [0.2, 0.25) is 0 Å². The number of fused-ring (bicyclic) bond motifs is 2. The van der Waals surface area contributed by atoms with E-state index in [-0.39, 0.29) is 11.6 Å². The van der Waals surface area contributed by atoms with Crippen LogP contribution in [0.25, 0.3) is 21.1 Å². The Labute approximate surface area is 160 Å². The minimum Gasteiger partial charge on any atom is -0.275 e. The lowest BCUT2D eigenvalue weighted by Gasteiger charge is -2.34. The molecule has 1 fully saturated rings. The summed E-state index contributed by atoms with van der Waals surface area (Å²) in [5.41, 5.74) is 1.60. The van der Waals surface area contributed by atoms with Crippen LogP contribution >= 0.6 is 11.3 Å². The van der Waals surface area contributed by atoms with Gasteiger partial charge in [-0.15, -0.1) is 16.4 Å². The molecule has 1 saturated heterocycles. The summed E-state index contributed by atoms with van der Waals surface area (Å²) >= 11 is 1.75. The topological polar surface area (TPSA) is 63.9 Å². The maximum absolute atomic E-state index is 12.8. The maximum Gasteiger partial charge on any atom is 0.278 e. The average molecular weight is 377 g/mol. The normalized spacial score (nSPS) is 18.3. The standard InChI is InChI=1S/C20H19N5OS/c26-20-14-7-1-2-8-15(14)22-23-25(20)13-24-12-6-5-10-17(24)19-21-16-9-3-4-11-18(16)27-19/h1-4,7-9,11,17H,5-6,10,12-13H2/t17-/m0/s1. The number of hydrogen-bond acceptors (Lipinski definition) is 6. The zero-order valence-corrected chi connectivity index (χ0v) is 15.6. The first kappa shape index (κ1) is 16.5. The minimum absolute atomic E-state index is 0.0887. The summed E-state index contributed by atoms with van der Waals surface area (Å²) in [4.78, 5) is 20.0. The third-order valence-electron chi connectivity index (χ3n) is 5.15. The van der Waals surface area contributed by atoms with Gasteiger partial charge in [0.05, 0.1) is 28.3 Å². The van der Waals surface area contributed by atoms with Gasteiger partial charge in [0.25, 0.3) is 5.56 Å². The predicted molar refractivity (Wildman–Crippen MR) is 107 cm³/mol. The molecule has 6 nitrogen and oxygen atoms in total. The maximum atomic E-state index is 12.8. The SMILES string of the molecule is O=c1c2ccccc2nnn1CN1CCCC[C@H]1c1nc2ccccc2s1. The van der Waals surface area contributed by atoms with E-state index in [1.165, 1.54) is 15.8 Å². The molecule has 0 unspecified atom stereocenters. The van der Waals surface area contributed by atoms with E-state index in [4.69, 9.17) is 4.98 Å². The molecule has 4 aromatic rings. The van der Waals surface area contributed by atoms with Crippen molar-refractivity contribution in [1.82, 2.24) is 24.9 Å². The molecule has 0 spiro atoms. The van der Waals surface area contributed by atoms with Crippen LogP contribution in [0.3, 0.4) is 0 Å². The van der Waals surface area contributed by atoms with Gasteiger partial charge in [0, 0.05) is 6.54 Å². The molecule has 2 aromatic carbocycles. The van der Waals surface area contributed by atoms with Crippen LogP contribution in [0.2, 0.25) is 0 Å². The number of thiazole rings is 1. The fourth-order valence-electron chi connectivity index (χ4n) is 3.76. The van der Waals surface area contributed by atoms with Gasteiger partial charge >= 0.3 is 0 Å². The highest BCUT2D eigenvalue weighted by Gasteiger charge is 2.27. The summed E-state index contributed by atoms with van der Waals surface area (Å²) in [5, 5.41) is 10.1. The van der Waals surface area contributed by atoms with Crippen LogP contribution in [-0.2, 0) is 6.67 Å². The molecule has 2 aromatic heterocycles. The van der Waals surface area contributed by atoms with Crippen molar-refractivity contribution in [2.45, 2.75) is 32.0 Å². The van der Waals surface area contributed by atoms with Crippen LogP contribution in [0.5, 0.6) is 0 Å². The molecule has 1 aliphatic heterocycles. The van der Waals surface area contributed by atoms with Crippen molar-refractivity contribution in [3.05, 3.63) is 63.9 Å². The number of para-hydroxylation sites is 1. The molecule has 7 heteroatoms. The molecule has 0 amide bonds. The molecule has 1 atom stereocenters. The van der Waals surface area contributed by atoms with E-state index in [9.17, 15) is 4.79 Å². The first-order valence-electron chi connectivity index (χ1n) is 9.22. The molecule has 0 radical (unpaired) electrons. The Morgan fingerprint density at radius 2 is 1.85 bits per heavy atom. The zero-order chi connectivity index (χ0) is 18.2. The zero-order valence-electron chi connectivity index (χ0n) is 14.8. The molecule has 136 valence electrons. The minimum atomic E-state index is -0.0887.